The Hall–Kier alpha value is -1.35. The molecule has 1 aromatic rings. The van der Waals surface area contributed by atoms with E-state index >= 15 is 0 Å². The third-order valence-electron chi connectivity index (χ3n) is 2.06. The van der Waals surface area contributed by atoms with Crippen LogP contribution in [0.1, 0.15) is 12.0 Å². The number of rotatable bonds is 5. The molecule has 0 aliphatic rings. The summed E-state index contributed by atoms with van der Waals surface area (Å²) in [5.74, 6) is 0.255. The maximum Gasteiger partial charge on any atom is 0.0918 e. The average molecular weight is 191 g/mol. The van der Waals surface area contributed by atoms with E-state index in [9.17, 15) is 0 Å². The molecule has 0 spiro atoms. The summed E-state index contributed by atoms with van der Waals surface area (Å²) in [6, 6.07) is 10.3. The van der Waals surface area contributed by atoms with E-state index in [1.165, 1.54) is 5.56 Å². The maximum absolute atomic E-state index is 7.12. The Balaban J connectivity index is 2.34. The van der Waals surface area contributed by atoms with Gasteiger partial charge in [-0.1, -0.05) is 30.3 Å². The van der Waals surface area contributed by atoms with E-state index in [4.69, 9.17) is 11.1 Å². The van der Waals surface area contributed by atoms with Gasteiger partial charge < -0.3 is 10.6 Å². The van der Waals surface area contributed by atoms with Gasteiger partial charge >= 0.3 is 0 Å². The van der Waals surface area contributed by atoms with Crippen molar-refractivity contribution < 1.29 is 0 Å². The van der Waals surface area contributed by atoms with E-state index in [1.54, 1.807) is 0 Å². The topological polar surface area (TPSA) is 53.1 Å². The second kappa shape index (κ2) is 5.40. The lowest BCUT2D eigenvalue weighted by atomic mass is 10.2. The van der Waals surface area contributed by atoms with Crippen LogP contribution in [0.25, 0.3) is 0 Å². The summed E-state index contributed by atoms with van der Waals surface area (Å²) in [7, 11) is 2.04. The lowest BCUT2D eigenvalue weighted by molar-refractivity contribution is 0.336. The second-order valence-corrected chi connectivity index (χ2v) is 3.50. The van der Waals surface area contributed by atoms with Crippen LogP contribution >= 0.6 is 0 Å². The minimum atomic E-state index is 0.255. The van der Waals surface area contributed by atoms with Gasteiger partial charge in [-0.05, 0) is 12.6 Å². The van der Waals surface area contributed by atoms with E-state index in [-0.39, 0.29) is 5.84 Å². The number of hydrogen-bond acceptors (Lipinski definition) is 2. The predicted octanol–water partition coefficient (Wildman–Crippen LogP) is 1.44. The van der Waals surface area contributed by atoms with Crippen LogP contribution in [-0.4, -0.2) is 24.3 Å². The van der Waals surface area contributed by atoms with Gasteiger partial charge in [-0.15, -0.1) is 0 Å². The van der Waals surface area contributed by atoms with Crippen molar-refractivity contribution in [3.8, 4) is 0 Å². The minimum absolute atomic E-state index is 0.255. The molecule has 0 saturated heterocycles. The smallest absolute Gasteiger partial charge is 0.0918 e. The highest BCUT2D eigenvalue weighted by atomic mass is 15.1. The van der Waals surface area contributed by atoms with Crippen molar-refractivity contribution in [1.82, 2.24) is 4.90 Å². The molecule has 1 rings (SSSR count). The molecule has 76 valence electrons. The highest BCUT2D eigenvalue weighted by Gasteiger charge is 1.99. The first-order valence-electron chi connectivity index (χ1n) is 4.74. The van der Waals surface area contributed by atoms with Gasteiger partial charge in [0.1, 0.15) is 0 Å². The third kappa shape index (κ3) is 4.05. The summed E-state index contributed by atoms with van der Waals surface area (Å²) in [5, 5.41) is 7.12. The zero-order chi connectivity index (χ0) is 10.4. The van der Waals surface area contributed by atoms with Gasteiger partial charge in [0, 0.05) is 19.5 Å². The monoisotopic (exact) mass is 191 g/mol. The third-order valence-corrected chi connectivity index (χ3v) is 2.06. The van der Waals surface area contributed by atoms with Crippen LogP contribution < -0.4 is 5.73 Å². The molecule has 3 nitrogen and oxygen atoms in total. The summed E-state index contributed by atoms with van der Waals surface area (Å²) >= 11 is 0. The molecule has 0 fully saturated rings. The van der Waals surface area contributed by atoms with E-state index in [1.807, 2.05) is 25.2 Å². The van der Waals surface area contributed by atoms with E-state index in [0.717, 1.165) is 13.1 Å². The Kier molecular flexibility index (Phi) is 4.13. The average Bonchev–Trinajstić information content (AvgIpc) is 2.16. The molecule has 0 aliphatic heterocycles. The standard InChI is InChI=1S/C11H17N3/c1-14(8-7-11(12)13)9-10-5-3-2-4-6-10/h2-6H,7-9H2,1H3,(H3,12,13). The molecule has 14 heavy (non-hydrogen) atoms. The van der Waals surface area contributed by atoms with Crippen molar-refractivity contribution in [3.05, 3.63) is 35.9 Å². The van der Waals surface area contributed by atoms with Gasteiger partial charge in [0.15, 0.2) is 0 Å². The van der Waals surface area contributed by atoms with Crippen molar-refractivity contribution in [3.63, 3.8) is 0 Å². The van der Waals surface area contributed by atoms with Crippen LogP contribution in [0.5, 0.6) is 0 Å². The van der Waals surface area contributed by atoms with Crippen molar-refractivity contribution in [2.45, 2.75) is 13.0 Å². The molecule has 1 aromatic carbocycles. The lowest BCUT2D eigenvalue weighted by Gasteiger charge is -2.15. The van der Waals surface area contributed by atoms with Crippen LogP contribution in [0.3, 0.4) is 0 Å². The van der Waals surface area contributed by atoms with Crippen LogP contribution in [0.4, 0.5) is 0 Å². The molecular formula is C11H17N3. The number of nitrogens with zero attached hydrogens (tertiary/aromatic N) is 1. The van der Waals surface area contributed by atoms with Crippen molar-refractivity contribution in [2.24, 2.45) is 5.73 Å². The number of amidine groups is 1. The zero-order valence-corrected chi connectivity index (χ0v) is 8.53. The van der Waals surface area contributed by atoms with Gasteiger partial charge in [-0.2, -0.15) is 0 Å². The maximum atomic E-state index is 7.12. The van der Waals surface area contributed by atoms with Crippen molar-refractivity contribution >= 4 is 5.84 Å². The zero-order valence-electron chi connectivity index (χ0n) is 8.53. The van der Waals surface area contributed by atoms with Crippen LogP contribution in [0.2, 0.25) is 0 Å². The van der Waals surface area contributed by atoms with Crippen molar-refractivity contribution in [1.29, 1.82) is 5.41 Å². The summed E-state index contributed by atoms with van der Waals surface area (Å²) < 4.78 is 0. The van der Waals surface area contributed by atoms with Crippen LogP contribution in [0.15, 0.2) is 30.3 Å². The normalized spacial score (nSPS) is 10.4. The fourth-order valence-electron chi connectivity index (χ4n) is 1.29. The Morgan fingerprint density at radius 2 is 2.00 bits per heavy atom. The van der Waals surface area contributed by atoms with Gasteiger partial charge in [-0.3, -0.25) is 5.41 Å². The Labute approximate surface area is 85.0 Å². The minimum Gasteiger partial charge on any atom is -0.388 e. The predicted molar refractivity (Wildman–Crippen MR) is 59.3 cm³/mol. The van der Waals surface area contributed by atoms with Crippen molar-refractivity contribution in [2.75, 3.05) is 13.6 Å². The molecule has 3 N–H and O–H groups in total. The van der Waals surface area contributed by atoms with Gasteiger partial charge in [0.25, 0.3) is 0 Å². The highest BCUT2D eigenvalue weighted by molar-refractivity contribution is 5.76. The molecule has 0 atom stereocenters. The molecular weight excluding hydrogens is 174 g/mol. The summed E-state index contributed by atoms with van der Waals surface area (Å²) in [6.45, 7) is 1.75. The molecule has 0 aromatic heterocycles. The quantitative estimate of drug-likeness (QED) is 0.546. The fraction of sp³-hybridized carbons (Fsp3) is 0.364. The van der Waals surface area contributed by atoms with E-state index < -0.39 is 0 Å². The molecule has 0 heterocycles. The van der Waals surface area contributed by atoms with Crippen LogP contribution in [0, 0.1) is 5.41 Å². The molecule has 3 heteroatoms. The Morgan fingerprint density at radius 1 is 1.36 bits per heavy atom. The molecule has 0 unspecified atom stereocenters. The highest BCUT2D eigenvalue weighted by Crippen LogP contribution is 2.02. The summed E-state index contributed by atoms with van der Waals surface area (Å²) in [6.07, 6.45) is 0.642. The van der Waals surface area contributed by atoms with E-state index in [0.29, 0.717) is 6.42 Å². The molecule has 0 saturated carbocycles. The SMILES string of the molecule is CN(CCC(=N)N)Cc1ccccc1. The van der Waals surface area contributed by atoms with E-state index in [2.05, 4.69) is 17.0 Å². The Bertz CT molecular complexity index is 282. The largest absolute Gasteiger partial charge is 0.388 e. The molecule has 0 amide bonds. The molecule has 0 radical (unpaired) electrons. The van der Waals surface area contributed by atoms with Gasteiger partial charge in [-0.25, -0.2) is 0 Å². The number of benzene rings is 1. The molecule has 0 aliphatic carbocycles. The van der Waals surface area contributed by atoms with Crippen LogP contribution in [-0.2, 0) is 6.54 Å². The summed E-state index contributed by atoms with van der Waals surface area (Å²) in [4.78, 5) is 2.16. The number of nitrogens with one attached hydrogen (secondary N) is 1. The first-order chi connectivity index (χ1) is 6.68. The first kappa shape index (κ1) is 10.7. The number of nitrogens with two attached hydrogens (primary N) is 1. The number of hydrogen-bond donors (Lipinski definition) is 2. The second-order valence-electron chi connectivity index (χ2n) is 3.50. The van der Waals surface area contributed by atoms with Gasteiger partial charge in [0.2, 0.25) is 0 Å². The molecule has 0 bridgehead atoms. The Morgan fingerprint density at radius 3 is 2.57 bits per heavy atom. The lowest BCUT2D eigenvalue weighted by Crippen LogP contribution is -2.23. The fourth-order valence-corrected chi connectivity index (χ4v) is 1.29. The van der Waals surface area contributed by atoms with Gasteiger partial charge in [0.05, 0.1) is 5.84 Å². The first-order valence-corrected chi connectivity index (χ1v) is 4.74. The summed E-state index contributed by atoms with van der Waals surface area (Å²) in [5.41, 5.74) is 6.58.